The molecule has 0 heterocycles. The van der Waals surface area contributed by atoms with Crippen LogP contribution in [0.4, 0.5) is 11.4 Å². The summed E-state index contributed by atoms with van der Waals surface area (Å²) in [6, 6.07) is 6.82. The Bertz CT molecular complexity index is 543. The molecule has 0 saturated heterocycles. The molecular formula is C16H23N3O4. The molecule has 7 nitrogen and oxygen atoms in total. The lowest BCUT2D eigenvalue weighted by Crippen LogP contribution is -2.34. The van der Waals surface area contributed by atoms with Crippen LogP contribution in [-0.2, 0) is 19.1 Å². The summed E-state index contributed by atoms with van der Waals surface area (Å²) in [4.78, 5) is 35.9. The fourth-order valence-electron chi connectivity index (χ4n) is 1.93. The topological polar surface area (TPSA) is 87.7 Å². The average molecular weight is 321 g/mol. The van der Waals surface area contributed by atoms with Gasteiger partial charge < -0.3 is 20.3 Å². The van der Waals surface area contributed by atoms with Crippen LogP contribution in [-0.4, -0.2) is 49.4 Å². The minimum absolute atomic E-state index is 0.0884. The maximum Gasteiger partial charge on any atom is 0.226 e. The van der Waals surface area contributed by atoms with Crippen molar-refractivity contribution >= 4 is 29.1 Å². The lowest BCUT2D eigenvalue weighted by Gasteiger charge is -2.20. The number of ether oxygens (including phenoxy) is 1. The first-order chi connectivity index (χ1) is 10.9. The number of anilines is 2. The Labute approximate surface area is 136 Å². The lowest BCUT2D eigenvalue weighted by molar-refractivity contribution is -0.130. The molecule has 0 spiro atoms. The van der Waals surface area contributed by atoms with Gasteiger partial charge in [-0.25, -0.2) is 0 Å². The number of nitrogens with one attached hydrogen (secondary N) is 2. The fourth-order valence-corrected chi connectivity index (χ4v) is 1.93. The van der Waals surface area contributed by atoms with Gasteiger partial charge in [0, 0.05) is 51.8 Å². The van der Waals surface area contributed by atoms with Gasteiger partial charge in [-0.2, -0.15) is 0 Å². The smallest absolute Gasteiger partial charge is 0.226 e. The molecule has 0 aromatic heterocycles. The summed E-state index contributed by atoms with van der Waals surface area (Å²) in [5.41, 5.74) is 1.30. The molecular weight excluding hydrogens is 298 g/mol. The van der Waals surface area contributed by atoms with Gasteiger partial charge in [-0.1, -0.05) is 0 Å². The fraction of sp³-hybridized carbons (Fsp3) is 0.438. The Kier molecular flexibility index (Phi) is 7.76. The lowest BCUT2D eigenvalue weighted by atomic mass is 10.2. The molecule has 0 unspecified atom stereocenters. The van der Waals surface area contributed by atoms with Gasteiger partial charge in [0.15, 0.2) is 0 Å². The Hall–Kier alpha value is -2.41. The molecule has 0 saturated carbocycles. The molecule has 7 heteroatoms. The molecule has 0 aliphatic carbocycles. The third-order valence-electron chi connectivity index (χ3n) is 3.11. The zero-order chi connectivity index (χ0) is 17.2. The van der Waals surface area contributed by atoms with Crippen LogP contribution in [0.25, 0.3) is 0 Å². The second kappa shape index (κ2) is 9.58. The van der Waals surface area contributed by atoms with E-state index in [1.807, 2.05) is 0 Å². The van der Waals surface area contributed by atoms with Crippen molar-refractivity contribution in [1.29, 1.82) is 0 Å². The largest absolute Gasteiger partial charge is 0.383 e. The van der Waals surface area contributed by atoms with Crippen LogP contribution in [0, 0.1) is 0 Å². The quantitative estimate of drug-likeness (QED) is 0.759. The molecule has 0 aliphatic rings. The minimum Gasteiger partial charge on any atom is -0.383 e. The van der Waals surface area contributed by atoms with Crippen LogP contribution in [0.3, 0.4) is 0 Å². The Morgan fingerprint density at radius 3 is 2.04 bits per heavy atom. The highest BCUT2D eigenvalue weighted by atomic mass is 16.5. The maximum atomic E-state index is 11.9. The number of rotatable bonds is 8. The van der Waals surface area contributed by atoms with Gasteiger partial charge in [-0.05, 0) is 24.3 Å². The highest BCUT2D eigenvalue weighted by Gasteiger charge is 2.11. The van der Waals surface area contributed by atoms with Gasteiger partial charge >= 0.3 is 0 Å². The highest BCUT2D eigenvalue weighted by Crippen LogP contribution is 2.13. The number of carbonyl (C=O) groups is 3. The first-order valence-electron chi connectivity index (χ1n) is 7.34. The van der Waals surface area contributed by atoms with Gasteiger partial charge in [0.2, 0.25) is 17.7 Å². The van der Waals surface area contributed by atoms with E-state index in [0.29, 0.717) is 31.1 Å². The molecule has 0 fully saturated rings. The van der Waals surface area contributed by atoms with E-state index in [2.05, 4.69) is 10.6 Å². The van der Waals surface area contributed by atoms with Crippen molar-refractivity contribution in [3.05, 3.63) is 24.3 Å². The van der Waals surface area contributed by atoms with Crippen LogP contribution in [0.1, 0.15) is 20.3 Å². The van der Waals surface area contributed by atoms with Crippen LogP contribution in [0.2, 0.25) is 0 Å². The van der Waals surface area contributed by atoms with Crippen molar-refractivity contribution in [2.45, 2.75) is 20.3 Å². The van der Waals surface area contributed by atoms with E-state index in [-0.39, 0.29) is 24.1 Å². The standard InChI is InChI=1S/C16H23N3O4/c1-12(20)17-14-4-6-15(7-5-14)18-16(22)8-9-19(13(2)21)10-11-23-3/h4-7H,8-11H2,1-3H3,(H,17,20)(H,18,22). The van der Waals surface area contributed by atoms with Gasteiger partial charge in [-0.15, -0.1) is 0 Å². The van der Waals surface area contributed by atoms with Gasteiger partial charge in [0.1, 0.15) is 0 Å². The number of hydrogen-bond donors (Lipinski definition) is 2. The van der Waals surface area contributed by atoms with Crippen molar-refractivity contribution < 1.29 is 19.1 Å². The van der Waals surface area contributed by atoms with Crippen molar-refractivity contribution in [1.82, 2.24) is 4.90 Å². The van der Waals surface area contributed by atoms with Gasteiger partial charge in [0.05, 0.1) is 6.61 Å². The van der Waals surface area contributed by atoms with Crippen LogP contribution >= 0.6 is 0 Å². The molecule has 23 heavy (non-hydrogen) atoms. The number of hydrogen-bond acceptors (Lipinski definition) is 4. The summed E-state index contributed by atoms with van der Waals surface area (Å²) < 4.78 is 4.94. The maximum absolute atomic E-state index is 11.9. The summed E-state index contributed by atoms with van der Waals surface area (Å²) in [5, 5.41) is 5.40. The monoisotopic (exact) mass is 321 g/mol. The SMILES string of the molecule is COCCN(CCC(=O)Nc1ccc(NC(C)=O)cc1)C(C)=O. The summed E-state index contributed by atoms with van der Waals surface area (Å²) in [6.07, 6.45) is 0.205. The van der Waals surface area contributed by atoms with E-state index in [1.165, 1.54) is 13.8 Å². The molecule has 3 amide bonds. The molecule has 0 bridgehead atoms. The molecule has 1 aromatic carbocycles. The molecule has 1 rings (SSSR count). The van der Waals surface area contributed by atoms with Crippen LogP contribution in [0.15, 0.2) is 24.3 Å². The number of amides is 3. The van der Waals surface area contributed by atoms with Crippen molar-refractivity contribution in [2.24, 2.45) is 0 Å². The number of nitrogens with zero attached hydrogens (tertiary/aromatic N) is 1. The normalized spacial score (nSPS) is 10.0. The van der Waals surface area contributed by atoms with Crippen molar-refractivity contribution in [3.63, 3.8) is 0 Å². The second-order valence-electron chi connectivity index (χ2n) is 5.06. The van der Waals surface area contributed by atoms with E-state index >= 15 is 0 Å². The molecule has 126 valence electrons. The van der Waals surface area contributed by atoms with E-state index in [1.54, 1.807) is 36.3 Å². The first-order valence-corrected chi connectivity index (χ1v) is 7.34. The van der Waals surface area contributed by atoms with E-state index in [4.69, 9.17) is 4.74 Å². The van der Waals surface area contributed by atoms with E-state index < -0.39 is 0 Å². The van der Waals surface area contributed by atoms with E-state index in [9.17, 15) is 14.4 Å². The predicted molar refractivity (Wildman–Crippen MR) is 88.1 cm³/mol. The highest BCUT2D eigenvalue weighted by molar-refractivity contribution is 5.92. The number of methoxy groups -OCH3 is 1. The molecule has 0 atom stereocenters. The zero-order valence-electron chi connectivity index (χ0n) is 13.7. The number of benzene rings is 1. The summed E-state index contributed by atoms with van der Waals surface area (Å²) >= 11 is 0. The Morgan fingerprint density at radius 2 is 1.57 bits per heavy atom. The van der Waals surface area contributed by atoms with E-state index in [0.717, 1.165) is 0 Å². The average Bonchev–Trinajstić information content (AvgIpc) is 2.48. The van der Waals surface area contributed by atoms with Gasteiger partial charge in [0.25, 0.3) is 0 Å². The summed E-state index contributed by atoms with van der Waals surface area (Å²) in [7, 11) is 1.57. The molecule has 1 aromatic rings. The van der Waals surface area contributed by atoms with Gasteiger partial charge in [-0.3, -0.25) is 14.4 Å². The molecule has 0 aliphatic heterocycles. The third kappa shape index (κ3) is 7.42. The van der Waals surface area contributed by atoms with Crippen molar-refractivity contribution in [2.75, 3.05) is 37.4 Å². The first kappa shape index (κ1) is 18.6. The summed E-state index contributed by atoms with van der Waals surface area (Å²) in [6.45, 7) is 4.14. The van der Waals surface area contributed by atoms with Crippen molar-refractivity contribution in [3.8, 4) is 0 Å². The Balaban J connectivity index is 2.46. The van der Waals surface area contributed by atoms with Crippen LogP contribution in [0.5, 0.6) is 0 Å². The second-order valence-corrected chi connectivity index (χ2v) is 5.06. The zero-order valence-corrected chi connectivity index (χ0v) is 13.7. The predicted octanol–water partition coefficient (Wildman–Crippen LogP) is 1.47. The van der Waals surface area contributed by atoms with Crippen LogP contribution < -0.4 is 10.6 Å². The molecule has 0 radical (unpaired) electrons. The Morgan fingerprint density at radius 1 is 1.00 bits per heavy atom. The molecule has 2 N–H and O–H groups in total. The summed E-state index contributed by atoms with van der Waals surface area (Å²) in [5.74, 6) is -0.419. The number of carbonyl (C=O) groups excluding carboxylic acids is 3. The minimum atomic E-state index is -0.180. The third-order valence-corrected chi connectivity index (χ3v) is 3.11.